The fourth-order valence-electron chi connectivity index (χ4n) is 2.49. The molecule has 0 spiro atoms. The van der Waals surface area contributed by atoms with Crippen LogP contribution in [-0.4, -0.2) is 23.9 Å². The molecule has 0 saturated carbocycles. The number of aryl methyl sites for hydroxylation is 1. The van der Waals surface area contributed by atoms with Gasteiger partial charge in [-0.25, -0.2) is 8.42 Å². The van der Waals surface area contributed by atoms with E-state index in [2.05, 4.69) is 38.5 Å². The molecule has 0 unspecified atom stereocenters. The fourth-order valence-corrected chi connectivity index (χ4v) is 3.66. The van der Waals surface area contributed by atoms with Gasteiger partial charge in [-0.15, -0.1) is 4.09 Å². The van der Waals surface area contributed by atoms with Crippen LogP contribution in [0.1, 0.15) is 5.56 Å². The summed E-state index contributed by atoms with van der Waals surface area (Å²) in [5, 5.41) is 7.01. The van der Waals surface area contributed by atoms with Gasteiger partial charge >= 0.3 is 0 Å². The lowest BCUT2D eigenvalue weighted by molar-refractivity contribution is 0.587. The van der Waals surface area contributed by atoms with Gasteiger partial charge in [-0.2, -0.15) is 5.10 Å². The third-order valence-corrected chi connectivity index (χ3v) is 5.07. The van der Waals surface area contributed by atoms with Crippen molar-refractivity contribution < 1.29 is 8.42 Å². The molecule has 0 bridgehead atoms. The molecule has 0 atom stereocenters. The Kier molecular flexibility index (Phi) is 4.47. The number of nitrogens with zero attached hydrogens (tertiary/aromatic N) is 2. The Morgan fingerprint density at radius 2 is 1.83 bits per heavy atom. The molecule has 7 heteroatoms. The first-order valence-electron chi connectivity index (χ1n) is 7.23. The molecule has 2 aromatic carbocycles. The van der Waals surface area contributed by atoms with Gasteiger partial charge < -0.3 is 5.32 Å². The minimum Gasteiger partial charge on any atom is -0.339 e. The number of aromatic nitrogens is 2. The number of anilines is 2. The van der Waals surface area contributed by atoms with Crippen LogP contribution in [-0.2, 0) is 10.0 Å². The molecule has 1 heterocycles. The summed E-state index contributed by atoms with van der Waals surface area (Å²) >= 11 is 3.33. The Bertz CT molecular complexity index is 982. The van der Waals surface area contributed by atoms with Crippen molar-refractivity contribution in [2.45, 2.75) is 6.92 Å². The van der Waals surface area contributed by atoms with Crippen LogP contribution < -0.4 is 5.32 Å². The molecule has 0 aliphatic heterocycles. The lowest BCUT2D eigenvalue weighted by Gasteiger charge is -2.12. The molecular formula is C17H16BrN3O2S. The maximum atomic E-state index is 11.8. The third-order valence-electron chi connectivity index (χ3n) is 3.58. The molecule has 0 saturated heterocycles. The molecule has 0 aliphatic rings. The van der Waals surface area contributed by atoms with Crippen molar-refractivity contribution in [1.29, 1.82) is 0 Å². The first kappa shape index (κ1) is 16.7. The molecule has 0 aliphatic carbocycles. The van der Waals surface area contributed by atoms with Crippen LogP contribution in [0.2, 0.25) is 0 Å². The maximum absolute atomic E-state index is 11.8. The molecule has 0 amide bonds. The molecule has 3 rings (SSSR count). The molecule has 3 aromatic rings. The second-order valence-electron chi connectivity index (χ2n) is 5.47. The summed E-state index contributed by atoms with van der Waals surface area (Å²) in [5.74, 6) is 0.379. The second-order valence-corrected chi connectivity index (χ2v) is 8.13. The molecule has 1 aromatic heterocycles. The number of halogens is 1. The molecule has 0 fully saturated rings. The molecule has 5 nitrogen and oxygen atoms in total. The predicted octanol–water partition coefficient (Wildman–Crippen LogP) is 4.17. The molecular weight excluding hydrogens is 390 g/mol. The molecule has 24 heavy (non-hydrogen) atoms. The Morgan fingerprint density at radius 3 is 2.46 bits per heavy atom. The van der Waals surface area contributed by atoms with E-state index in [1.807, 2.05) is 43.3 Å². The van der Waals surface area contributed by atoms with E-state index in [4.69, 9.17) is 0 Å². The van der Waals surface area contributed by atoms with Crippen molar-refractivity contribution in [2.75, 3.05) is 11.6 Å². The van der Waals surface area contributed by atoms with Gasteiger partial charge in [0, 0.05) is 5.69 Å². The van der Waals surface area contributed by atoms with Gasteiger partial charge in [0.1, 0.15) is 0 Å². The van der Waals surface area contributed by atoms with Crippen LogP contribution >= 0.6 is 15.9 Å². The van der Waals surface area contributed by atoms with Crippen molar-refractivity contribution in [1.82, 2.24) is 9.19 Å². The van der Waals surface area contributed by atoms with Crippen molar-refractivity contribution in [3.63, 3.8) is 0 Å². The van der Waals surface area contributed by atoms with Crippen LogP contribution in [0.25, 0.3) is 11.1 Å². The fraction of sp³-hybridized carbons (Fsp3) is 0.118. The Balaban J connectivity index is 1.96. The zero-order valence-electron chi connectivity index (χ0n) is 13.2. The van der Waals surface area contributed by atoms with E-state index in [1.165, 1.54) is 6.20 Å². The van der Waals surface area contributed by atoms with Crippen molar-refractivity contribution in [3.8, 4) is 11.1 Å². The lowest BCUT2D eigenvalue weighted by atomic mass is 10.0. The number of hydrogen-bond donors (Lipinski definition) is 1. The smallest absolute Gasteiger partial charge is 0.252 e. The topological polar surface area (TPSA) is 64.0 Å². The van der Waals surface area contributed by atoms with E-state index in [9.17, 15) is 8.42 Å². The zero-order valence-corrected chi connectivity index (χ0v) is 15.6. The van der Waals surface area contributed by atoms with Gasteiger partial charge in [-0.1, -0.05) is 36.4 Å². The summed E-state index contributed by atoms with van der Waals surface area (Å²) in [6, 6.07) is 16.0. The van der Waals surface area contributed by atoms with Crippen LogP contribution in [0.5, 0.6) is 0 Å². The highest BCUT2D eigenvalue weighted by atomic mass is 79.9. The van der Waals surface area contributed by atoms with Crippen molar-refractivity contribution >= 4 is 37.5 Å². The SMILES string of the molecule is Cc1cc(Nc2c(Br)cnn2S(C)(=O)=O)ccc1-c1ccccc1. The Hall–Kier alpha value is -2.12. The minimum atomic E-state index is -3.48. The van der Waals surface area contributed by atoms with E-state index in [0.717, 1.165) is 32.7 Å². The van der Waals surface area contributed by atoms with E-state index >= 15 is 0 Å². The van der Waals surface area contributed by atoms with Gasteiger partial charge in [0.05, 0.1) is 16.9 Å². The largest absolute Gasteiger partial charge is 0.339 e. The summed E-state index contributed by atoms with van der Waals surface area (Å²) in [5.41, 5.74) is 4.16. The number of rotatable bonds is 4. The summed E-state index contributed by atoms with van der Waals surface area (Å²) in [4.78, 5) is 0. The Labute approximate surface area is 149 Å². The third kappa shape index (κ3) is 3.37. The van der Waals surface area contributed by atoms with Gasteiger partial charge in [0.2, 0.25) is 0 Å². The van der Waals surface area contributed by atoms with Gasteiger partial charge in [0.15, 0.2) is 5.82 Å². The maximum Gasteiger partial charge on any atom is 0.252 e. The predicted molar refractivity (Wildman–Crippen MR) is 100 cm³/mol. The summed E-state index contributed by atoms with van der Waals surface area (Å²) < 4.78 is 25.2. The van der Waals surface area contributed by atoms with E-state index in [0.29, 0.717) is 10.3 Å². The van der Waals surface area contributed by atoms with Crippen LogP contribution in [0.3, 0.4) is 0 Å². The van der Waals surface area contributed by atoms with E-state index in [-0.39, 0.29) is 0 Å². The normalized spacial score (nSPS) is 11.5. The van der Waals surface area contributed by atoms with Crippen molar-refractivity contribution in [3.05, 3.63) is 64.8 Å². The number of benzene rings is 2. The zero-order chi connectivity index (χ0) is 17.3. The first-order valence-corrected chi connectivity index (χ1v) is 9.87. The molecule has 1 N–H and O–H groups in total. The summed E-state index contributed by atoms with van der Waals surface area (Å²) in [6.07, 6.45) is 2.57. The second kappa shape index (κ2) is 6.41. The van der Waals surface area contributed by atoms with Gasteiger partial charge in [-0.05, 0) is 51.7 Å². The molecule has 124 valence electrons. The van der Waals surface area contributed by atoms with Gasteiger partial charge in [-0.3, -0.25) is 0 Å². The van der Waals surface area contributed by atoms with Crippen molar-refractivity contribution in [2.24, 2.45) is 0 Å². The first-order chi connectivity index (χ1) is 11.4. The van der Waals surface area contributed by atoms with Crippen LogP contribution in [0, 0.1) is 6.92 Å². The standard InChI is InChI=1S/C17H16BrN3O2S/c1-12-10-14(8-9-15(12)13-6-4-3-5-7-13)20-17-16(18)11-19-21(17)24(2,22)23/h3-11,20H,1-2H3. The lowest BCUT2D eigenvalue weighted by Crippen LogP contribution is -2.14. The van der Waals surface area contributed by atoms with Crippen LogP contribution in [0.4, 0.5) is 11.5 Å². The number of nitrogens with one attached hydrogen (secondary N) is 1. The Morgan fingerprint density at radius 1 is 1.12 bits per heavy atom. The summed E-state index contributed by atoms with van der Waals surface area (Å²) in [6.45, 7) is 2.02. The highest BCUT2D eigenvalue weighted by molar-refractivity contribution is 9.10. The number of hydrogen-bond acceptors (Lipinski definition) is 4. The monoisotopic (exact) mass is 405 g/mol. The summed E-state index contributed by atoms with van der Waals surface area (Å²) in [7, 11) is -3.48. The average Bonchev–Trinajstić information content (AvgIpc) is 2.89. The van der Waals surface area contributed by atoms with Gasteiger partial charge in [0.25, 0.3) is 10.0 Å². The minimum absolute atomic E-state index is 0.379. The highest BCUT2D eigenvalue weighted by Gasteiger charge is 2.16. The molecule has 0 radical (unpaired) electrons. The quantitative estimate of drug-likeness (QED) is 0.707. The van der Waals surface area contributed by atoms with E-state index < -0.39 is 10.0 Å². The average molecular weight is 406 g/mol. The van der Waals surface area contributed by atoms with Crippen LogP contribution in [0.15, 0.2) is 59.2 Å². The van der Waals surface area contributed by atoms with E-state index in [1.54, 1.807) is 0 Å². The highest BCUT2D eigenvalue weighted by Crippen LogP contribution is 2.30.